The average Bonchev–Trinajstić information content (AvgIpc) is 3.24. The molecule has 3 heterocycles. The quantitative estimate of drug-likeness (QED) is 0.706. The van der Waals surface area contributed by atoms with E-state index in [0.717, 1.165) is 35.8 Å². The number of carbonyl (C=O) groups excluding carboxylic acids is 1. The van der Waals surface area contributed by atoms with Crippen LogP contribution >= 0.6 is 12.4 Å². The summed E-state index contributed by atoms with van der Waals surface area (Å²) in [6.45, 7) is 0. The number of carbonyl (C=O) groups is 1. The zero-order valence-corrected chi connectivity index (χ0v) is 16.0. The van der Waals surface area contributed by atoms with E-state index in [1.807, 2.05) is 35.2 Å². The zero-order valence-electron chi connectivity index (χ0n) is 15.2. The van der Waals surface area contributed by atoms with Crippen molar-refractivity contribution >= 4 is 29.2 Å². The van der Waals surface area contributed by atoms with Gasteiger partial charge >= 0.3 is 0 Å². The topological polar surface area (TPSA) is 59.2 Å². The SMILES string of the molecule is Cl.N[C@H]1C[C@H]2CC[C@@H]1N2C(=O)c1ccc(-c2cnc3cc(F)ccc3c2)cc1. The smallest absolute Gasteiger partial charge is 0.254 e. The number of aromatic nitrogens is 1. The largest absolute Gasteiger partial charge is 0.331 e. The second kappa shape index (κ2) is 7.15. The van der Waals surface area contributed by atoms with Gasteiger partial charge in [0.2, 0.25) is 0 Å². The van der Waals surface area contributed by atoms with Crippen LogP contribution in [0.15, 0.2) is 54.7 Å². The summed E-state index contributed by atoms with van der Waals surface area (Å²) in [6, 6.07) is 14.8. The lowest BCUT2D eigenvalue weighted by Gasteiger charge is -2.23. The zero-order chi connectivity index (χ0) is 18.5. The molecule has 0 radical (unpaired) electrons. The number of fused-ring (bicyclic) bond motifs is 3. The van der Waals surface area contributed by atoms with E-state index in [1.54, 1.807) is 12.3 Å². The van der Waals surface area contributed by atoms with Crippen LogP contribution in [0.25, 0.3) is 22.0 Å². The van der Waals surface area contributed by atoms with Crippen LogP contribution in [0.3, 0.4) is 0 Å². The summed E-state index contributed by atoms with van der Waals surface area (Å²) >= 11 is 0. The molecule has 144 valence electrons. The highest BCUT2D eigenvalue weighted by Gasteiger charge is 2.47. The van der Waals surface area contributed by atoms with Crippen LogP contribution in [0.4, 0.5) is 4.39 Å². The van der Waals surface area contributed by atoms with E-state index < -0.39 is 0 Å². The molecule has 2 aromatic carbocycles. The van der Waals surface area contributed by atoms with Crippen LogP contribution in [0.5, 0.6) is 0 Å². The van der Waals surface area contributed by atoms with E-state index in [-0.39, 0.29) is 36.2 Å². The lowest BCUT2D eigenvalue weighted by Crippen LogP contribution is -2.40. The first-order valence-corrected chi connectivity index (χ1v) is 9.34. The molecule has 2 saturated heterocycles. The van der Waals surface area contributed by atoms with E-state index >= 15 is 0 Å². The molecule has 3 atom stereocenters. The standard InChI is InChI=1S/C22H20FN3O.ClH/c23-17-6-5-15-9-16(12-25-20(15)10-17)13-1-3-14(4-2-13)22(27)26-18-7-8-21(26)19(24)11-18;/h1-6,9-10,12,18-19,21H,7-8,11,24H2;1H/t18-,19+,21+;/m1./s1. The van der Waals surface area contributed by atoms with Gasteiger partial charge in [0.15, 0.2) is 0 Å². The predicted octanol–water partition coefficient (Wildman–Crippen LogP) is 4.17. The van der Waals surface area contributed by atoms with Gasteiger partial charge in [-0.3, -0.25) is 9.78 Å². The van der Waals surface area contributed by atoms with E-state index in [1.165, 1.54) is 12.1 Å². The molecule has 0 unspecified atom stereocenters. The number of nitrogens with zero attached hydrogens (tertiary/aromatic N) is 2. The maximum Gasteiger partial charge on any atom is 0.254 e. The van der Waals surface area contributed by atoms with Gasteiger partial charge in [0.1, 0.15) is 5.82 Å². The number of benzene rings is 2. The van der Waals surface area contributed by atoms with Crippen LogP contribution in [-0.4, -0.2) is 33.9 Å². The number of nitrogens with two attached hydrogens (primary N) is 1. The number of hydrogen-bond acceptors (Lipinski definition) is 3. The van der Waals surface area contributed by atoms with Crippen LogP contribution in [0, 0.1) is 5.82 Å². The third-order valence-electron chi connectivity index (χ3n) is 5.93. The molecule has 6 heteroatoms. The van der Waals surface area contributed by atoms with Crippen LogP contribution in [-0.2, 0) is 0 Å². The van der Waals surface area contributed by atoms with E-state index in [9.17, 15) is 9.18 Å². The Labute approximate surface area is 169 Å². The summed E-state index contributed by atoms with van der Waals surface area (Å²) in [4.78, 5) is 19.3. The fraction of sp³-hybridized carbons (Fsp3) is 0.273. The highest BCUT2D eigenvalue weighted by Crippen LogP contribution is 2.38. The maximum atomic E-state index is 13.3. The highest BCUT2D eigenvalue weighted by molar-refractivity contribution is 5.96. The van der Waals surface area contributed by atoms with Gasteiger partial charge in [-0.25, -0.2) is 4.39 Å². The van der Waals surface area contributed by atoms with Crippen LogP contribution < -0.4 is 5.73 Å². The van der Waals surface area contributed by atoms with Crippen LogP contribution in [0.2, 0.25) is 0 Å². The van der Waals surface area contributed by atoms with Gasteiger partial charge in [-0.2, -0.15) is 0 Å². The Morgan fingerprint density at radius 3 is 2.54 bits per heavy atom. The fourth-order valence-electron chi connectivity index (χ4n) is 4.56. The molecule has 28 heavy (non-hydrogen) atoms. The van der Waals surface area contributed by atoms with E-state index in [4.69, 9.17) is 5.73 Å². The molecule has 2 bridgehead atoms. The lowest BCUT2D eigenvalue weighted by atomic mass is 9.96. The molecule has 4 nitrogen and oxygen atoms in total. The summed E-state index contributed by atoms with van der Waals surface area (Å²) in [5.41, 5.74) is 9.40. The second-order valence-electron chi connectivity index (χ2n) is 7.55. The minimum Gasteiger partial charge on any atom is -0.331 e. The fourth-order valence-corrected chi connectivity index (χ4v) is 4.56. The molecule has 3 aromatic rings. The minimum absolute atomic E-state index is 0. The molecule has 2 aliphatic heterocycles. The van der Waals surface area contributed by atoms with Crippen molar-refractivity contribution in [3.63, 3.8) is 0 Å². The number of hydrogen-bond donors (Lipinski definition) is 1. The van der Waals surface area contributed by atoms with Crippen molar-refractivity contribution in [2.75, 3.05) is 0 Å². The molecule has 0 aliphatic carbocycles. The molecular weight excluding hydrogens is 377 g/mol. The molecule has 5 rings (SSSR count). The summed E-state index contributed by atoms with van der Waals surface area (Å²) in [7, 11) is 0. The first kappa shape index (κ1) is 18.8. The Hall–Kier alpha value is -2.50. The van der Waals surface area contributed by atoms with Gasteiger partial charge in [0.05, 0.1) is 5.52 Å². The number of pyridine rings is 1. The highest BCUT2D eigenvalue weighted by atomic mass is 35.5. The predicted molar refractivity (Wildman–Crippen MR) is 110 cm³/mol. The molecule has 1 aromatic heterocycles. The number of rotatable bonds is 2. The Kier molecular flexibility index (Phi) is 4.81. The number of amides is 1. The normalized spacial score (nSPS) is 23.1. The summed E-state index contributed by atoms with van der Waals surface area (Å²) in [5, 5.41) is 0.886. The van der Waals surface area contributed by atoms with E-state index in [0.29, 0.717) is 17.1 Å². The summed E-state index contributed by atoms with van der Waals surface area (Å²) in [5.74, 6) is -0.213. The monoisotopic (exact) mass is 397 g/mol. The molecule has 2 fully saturated rings. The molecular formula is C22H21ClFN3O. The summed E-state index contributed by atoms with van der Waals surface area (Å²) in [6.07, 6.45) is 4.72. The third-order valence-corrected chi connectivity index (χ3v) is 5.93. The number of halogens is 2. The van der Waals surface area contributed by atoms with Gasteiger partial charge in [-0.05, 0) is 55.2 Å². The van der Waals surface area contributed by atoms with E-state index in [2.05, 4.69) is 4.98 Å². The molecule has 2 N–H and O–H groups in total. The summed E-state index contributed by atoms with van der Waals surface area (Å²) < 4.78 is 13.3. The van der Waals surface area contributed by atoms with Crippen molar-refractivity contribution < 1.29 is 9.18 Å². The van der Waals surface area contributed by atoms with Crippen molar-refractivity contribution in [2.45, 2.75) is 37.4 Å². The van der Waals surface area contributed by atoms with Crippen molar-refractivity contribution in [1.29, 1.82) is 0 Å². The molecule has 0 saturated carbocycles. The van der Waals surface area contributed by atoms with Crippen molar-refractivity contribution in [2.24, 2.45) is 5.73 Å². The van der Waals surface area contributed by atoms with Crippen LogP contribution in [0.1, 0.15) is 29.6 Å². The van der Waals surface area contributed by atoms with Gasteiger partial charge in [0, 0.05) is 46.9 Å². The minimum atomic E-state index is -0.291. The molecule has 0 spiro atoms. The Morgan fingerprint density at radius 1 is 1.07 bits per heavy atom. The first-order chi connectivity index (χ1) is 13.1. The Balaban J connectivity index is 0.00000192. The maximum absolute atomic E-state index is 13.3. The lowest BCUT2D eigenvalue weighted by molar-refractivity contribution is 0.0726. The van der Waals surface area contributed by atoms with Gasteiger partial charge in [-0.1, -0.05) is 12.1 Å². The van der Waals surface area contributed by atoms with Gasteiger partial charge < -0.3 is 10.6 Å². The van der Waals surface area contributed by atoms with Crippen molar-refractivity contribution in [3.05, 3.63) is 66.1 Å². The first-order valence-electron chi connectivity index (χ1n) is 9.34. The molecule has 2 aliphatic rings. The Bertz CT molecular complexity index is 1040. The van der Waals surface area contributed by atoms with Crippen molar-refractivity contribution in [1.82, 2.24) is 9.88 Å². The Morgan fingerprint density at radius 2 is 1.86 bits per heavy atom. The molecule has 1 amide bonds. The van der Waals surface area contributed by atoms with Gasteiger partial charge in [-0.15, -0.1) is 12.4 Å². The second-order valence-corrected chi connectivity index (χ2v) is 7.55. The van der Waals surface area contributed by atoms with Gasteiger partial charge in [0.25, 0.3) is 5.91 Å². The van der Waals surface area contributed by atoms with Crippen molar-refractivity contribution in [3.8, 4) is 11.1 Å². The third kappa shape index (κ3) is 3.05. The average molecular weight is 398 g/mol.